The maximum atomic E-state index is 6.09. The lowest BCUT2D eigenvalue weighted by Gasteiger charge is -2.39. The molecule has 0 bridgehead atoms. The van der Waals surface area contributed by atoms with E-state index in [9.17, 15) is 0 Å². The van der Waals surface area contributed by atoms with Gasteiger partial charge in [0, 0.05) is 30.6 Å². The second-order valence-electron chi connectivity index (χ2n) is 6.34. The van der Waals surface area contributed by atoms with Crippen LogP contribution in [0.2, 0.25) is 0 Å². The Hall–Kier alpha value is -1.32. The van der Waals surface area contributed by atoms with Crippen molar-refractivity contribution in [2.24, 2.45) is 17.6 Å². The van der Waals surface area contributed by atoms with Crippen molar-refractivity contribution in [3.8, 4) is 0 Å². The van der Waals surface area contributed by atoms with Crippen LogP contribution in [-0.4, -0.2) is 24.5 Å². The molecule has 1 aliphatic heterocycles. The number of rotatable bonds is 3. The summed E-state index contributed by atoms with van der Waals surface area (Å²) in [5.41, 5.74) is 8.29. The SMILES string of the molecule is CC1CC(C)CN(C(CN)c2coc3ccccc23)C1. The molecule has 2 heterocycles. The van der Waals surface area contributed by atoms with Gasteiger partial charge in [0.1, 0.15) is 5.58 Å². The Morgan fingerprint density at radius 1 is 1.25 bits per heavy atom. The van der Waals surface area contributed by atoms with Crippen LogP contribution >= 0.6 is 0 Å². The summed E-state index contributed by atoms with van der Waals surface area (Å²) in [5.74, 6) is 1.48. The molecule has 3 atom stereocenters. The third-order valence-corrected chi connectivity index (χ3v) is 4.43. The first-order valence-corrected chi connectivity index (χ1v) is 7.59. The molecule has 2 aromatic rings. The molecule has 20 heavy (non-hydrogen) atoms. The van der Waals surface area contributed by atoms with E-state index < -0.39 is 0 Å². The van der Waals surface area contributed by atoms with Gasteiger partial charge in [-0.15, -0.1) is 0 Å². The van der Waals surface area contributed by atoms with E-state index >= 15 is 0 Å². The van der Waals surface area contributed by atoms with Crippen molar-refractivity contribution in [2.75, 3.05) is 19.6 Å². The minimum absolute atomic E-state index is 0.267. The fraction of sp³-hybridized carbons (Fsp3) is 0.529. The van der Waals surface area contributed by atoms with Crippen LogP contribution in [0.15, 0.2) is 34.9 Å². The third kappa shape index (κ3) is 2.48. The quantitative estimate of drug-likeness (QED) is 0.931. The number of fused-ring (bicyclic) bond motifs is 1. The monoisotopic (exact) mass is 272 g/mol. The fourth-order valence-electron chi connectivity index (χ4n) is 3.69. The van der Waals surface area contributed by atoms with E-state index in [1.54, 1.807) is 0 Å². The van der Waals surface area contributed by atoms with Gasteiger partial charge in [0.15, 0.2) is 0 Å². The summed E-state index contributed by atoms with van der Waals surface area (Å²) in [5, 5.41) is 1.20. The van der Waals surface area contributed by atoms with Crippen LogP contribution in [-0.2, 0) is 0 Å². The molecule has 3 heteroatoms. The Morgan fingerprint density at radius 3 is 2.65 bits per heavy atom. The molecule has 0 saturated carbocycles. The van der Waals surface area contributed by atoms with E-state index in [1.165, 1.54) is 17.4 Å². The normalized spacial score (nSPS) is 25.9. The highest BCUT2D eigenvalue weighted by Gasteiger charge is 2.29. The number of hydrogen-bond donors (Lipinski definition) is 1. The first kappa shape index (κ1) is 13.7. The highest BCUT2D eigenvalue weighted by atomic mass is 16.3. The molecular weight excluding hydrogens is 248 g/mol. The number of piperidine rings is 1. The molecule has 0 aliphatic carbocycles. The van der Waals surface area contributed by atoms with Crippen LogP contribution in [0.3, 0.4) is 0 Å². The molecule has 1 aromatic carbocycles. The molecule has 3 rings (SSSR count). The highest BCUT2D eigenvalue weighted by molar-refractivity contribution is 5.81. The summed E-state index contributed by atoms with van der Waals surface area (Å²) in [6, 6.07) is 8.50. The number of furan rings is 1. The summed E-state index contributed by atoms with van der Waals surface area (Å²) in [6.07, 6.45) is 3.21. The Morgan fingerprint density at radius 2 is 1.95 bits per heavy atom. The van der Waals surface area contributed by atoms with Gasteiger partial charge in [0.25, 0.3) is 0 Å². The molecule has 1 aliphatic rings. The van der Waals surface area contributed by atoms with Gasteiger partial charge in [0.2, 0.25) is 0 Å². The van der Waals surface area contributed by atoms with Gasteiger partial charge in [-0.05, 0) is 24.3 Å². The molecule has 1 fully saturated rings. The Bertz CT molecular complexity index is 567. The molecule has 1 aromatic heterocycles. The number of likely N-dealkylation sites (tertiary alicyclic amines) is 1. The molecule has 3 nitrogen and oxygen atoms in total. The number of hydrogen-bond acceptors (Lipinski definition) is 3. The van der Waals surface area contributed by atoms with E-state index in [-0.39, 0.29) is 6.04 Å². The number of para-hydroxylation sites is 1. The lowest BCUT2D eigenvalue weighted by molar-refractivity contribution is 0.0986. The number of benzene rings is 1. The van der Waals surface area contributed by atoms with Gasteiger partial charge >= 0.3 is 0 Å². The van der Waals surface area contributed by atoms with Crippen LogP contribution < -0.4 is 5.73 Å². The zero-order valence-electron chi connectivity index (χ0n) is 12.4. The third-order valence-electron chi connectivity index (χ3n) is 4.43. The molecule has 3 unspecified atom stereocenters. The molecule has 0 radical (unpaired) electrons. The maximum Gasteiger partial charge on any atom is 0.134 e. The van der Waals surface area contributed by atoms with Gasteiger partial charge in [-0.25, -0.2) is 0 Å². The summed E-state index contributed by atoms with van der Waals surface area (Å²) in [6.45, 7) is 7.58. The molecule has 2 N–H and O–H groups in total. The Kier molecular flexibility index (Phi) is 3.81. The smallest absolute Gasteiger partial charge is 0.134 e. The average molecular weight is 272 g/mol. The average Bonchev–Trinajstić information content (AvgIpc) is 2.83. The second-order valence-corrected chi connectivity index (χ2v) is 6.34. The van der Waals surface area contributed by atoms with Crippen LogP contribution in [0.4, 0.5) is 0 Å². The first-order valence-electron chi connectivity index (χ1n) is 7.59. The fourth-order valence-corrected chi connectivity index (χ4v) is 3.69. The standard InChI is InChI=1S/C17H24N2O/c1-12-7-13(2)10-19(9-12)16(8-18)15-11-20-17-6-4-3-5-14(15)17/h3-6,11-13,16H,7-10,18H2,1-2H3. The van der Waals surface area contributed by atoms with Gasteiger partial charge < -0.3 is 10.2 Å². The highest BCUT2D eigenvalue weighted by Crippen LogP contribution is 2.33. The Labute approximate surface area is 120 Å². The topological polar surface area (TPSA) is 42.4 Å². The molecule has 0 amide bonds. The van der Waals surface area contributed by atoms with E-state index in [1.807, 2.05) is 18.4 Å². The van der Waals surface area contributed by atoms with Crippen molar-refractivity contribution in [3.63, 3.8) is 0 Å². The predicted molar refractivity (Wildman–Crippen MR) is 82.5 cm³/mol. The lowest BCUT2D eigenvalue weighted by Crippen LogP contribution is -2.43. The number of nitrogens with zero attached hydrogens (tertiary/aromatic N) is 1. The molecule has 108 valence electrons. The minimum Gasteiger partial charge on any atom is -0.464 e. The van der Waals surface area contributed by atoms with Gasteiger partial charge in [-0.2, -0.15) is 0 Å². The van der Waals surface area contributed by atoms with Crippen molar-refractivity contribution in [2.45, 2.75) is 26.3 Å². The van der Waals surface area contributed by atoms with Crippen molar-refractivity contribution >= 4 is 11.0 Å². The van der Waals surface area contributed by atoms with Crippen LogP contribution in [0.25, 0.3) is 11.0 Å². The van der Waals surface area contributed by atoms with Crippen LogP contribution in [0.1, 0.15) is 31.9 Å². The summed E-state index contributed by atoms with van der Waals surface area (Å²) in [4.78, 5) is 2.54. The zero-order valence-corrected chi connectivity index (χ0v) is 12.4. The maximum absolute atomic E-state index is 6.09. The van der Waals surface area contributed by atoms with E-state index in [0.717, 1.165) is 30.5 Å². The molecule has 0 spiro atoms. The molecule has 1 saturated heterocycles. The van der Waals surface area contributed by atoms with E-state index in [2.05, 4.69) is 30.9 Å². The van der Waals surface area contributed by atoms with Crippen molar-refractivity contribution in [3.05, 3.63) is 36.1 Å². The van der Waals surface area contributed by atoms with Crippen molar-refractivity contribution in [1.29, 1.82) is 0 Å². The molecular formula is C17H24N2O. The van der Waals surface area contributed by atoms with Crippen LogP contribution in [0.5, 0.6) is 0 Å². The minimum atomic E-state index is 0.267. The van der Waals surface area contributed by atoms with Gasteiger partial charge in [-0.3, -0.25) is 4.90 Å². The van der Waals surface area contributed by atoms with Crippen LogP contribution in [0, 0.1) is 11.8 Å². The van der Waals surface area contributed by atoms with E-state index in [0.29, 0.717) is 6.54 Å². The summed E-state index contributed by atoms with van der Waals surface area (Å²) in [7, 11) is 0. The van der Waals surface area contributed by atoms with Crippen molar-refractivity contribution in [1.82, 2.24) is 4.90 Å². The Balaban J connectivity index is 1.93. The predicted octanol–water partition coefficient (Wildman–Crippen LogP) is 3.41. The zero-order chi connectivity index (χ0) is 14.1. The summed E-state index contributed by atoms with van der Waals surface area (Å²) < 4.78 is 5.69. The summed E-state index contributed by atoms with van der Waals surface area (Å²) >= 11 is 0. The largest absolute Gasteiger partial charge is 0.464 e. The lowest BCUT2D eigenvalue weighted by atomic mass is 9.89. The number of nitrogens with two attached hydrogens (primary N) is 1. The first-order chi connectivity index (χ1) is 9.69. The van der Waals surface area contributed by atoms with Gasteiger partial charge in [0.05, 0.1) is 12.3 Å². The van der Waals surface area contributed by atoms with Crippen molar-refractivity contribution < 1.29 is 4.42 Å². The second kappa shape index (κ2) is 5.58. The van der Waals surface area contributed by atoms with E-state index in [4.69, 9.17) is 10.2 Å². The van der Waals surface area contributed by atoms with Gasteiger partial charge in [-0.1, -0.05) is 32.0 Å².